The molecule has 0 bridgehead atoms. The smallest absolute Gasteiger partial charge is 0.183 e. The zero-order valence-electron chi connectivity index (χ0n) is 10.2. The third-order valence-corrected chi connectivity index (χ3v) is 4.02. The molecule has 0 spiro atoms. The van der Waals surface area contributed by atoms with E-state index >= 15 is 0 Å². The molecule has 1 N–H and O–H groups in total. The molecule has 0 saturated carbocycles. The van der Waals surface area contributed by atoms with Crippen molar-refractivity contribution in [2.75, 3.05) is 25.7 Å². The highest BCUT2D eigenvalue weighted by atomic mass is 32.2. The monoisotopic (exact) mass is 254 g/mol. The van der Waals surface area contributed by atoms with Crippen molar-refractivity contribution in [2.24, 2.45) is 0 Å². The van der Waals surface area contributed by atoms with Gasteiger partial charge in [0.2, 0.25) is 0 Å². The quantitative estimate of drug-likeness (QED) is 0.866. The topological polar surface area (TPSA) is 43.4 Å². The van der Waals surface area contributed by atoms with Gasteiger partial charge in [-0.05, 0) is 12.2 Å². The normalized spacial score (nSPS) is 19.3. The lowest BCUT2D eigenvalue weighted by Gasteiger charge is -2.14. The summed E-state index contributed by atoms with van der Waals surface area (Å²) in [5.41, 5.74) is 0.906. The fourth-order valence-corrected chi connectivity index (χ4v) is 3.10. The summed E-state index contributed by atoms with van der Waals surface area (Å²) in [7, 11) is 3.29. The SMILES string of the molecule is COc1ccnc(CNC2CCSC2)c1OC. The van der Waals surface area contributed by atoms with Crippen LogP contribution in [-0.4, -0.2) is 36.8 Å². The Bertz CT molecular complexity index is 368. The molecule has 0 radical (unpaired) electrons. The van der Waals surface area contributed by atoms with E-state index in [1.54, 1.807) is 20.4 Å². The van der Waals surface area contributed by atoms with Gasteiger partial charge in [-0.2, -0.15) is 11.8 Å². The summed E-state index contributed by atoms with van der Waals surface area (Å²) >= 11 is 2.00. The Balaban J connectivity index is 2.03. The number of hydrogen-bond acceptors (Lipinski definition) is 5. The van der Waals surface area contributed by atoms with Gasteiger partial charge in [0.25, 0.3) is 0 Å². The first-order chi connectivity index (χ1) is 8.35. The maximum Gasteiger partial charge on any atom is 0.183 e. The van der Waals surface area contributed by atoms with Crippen LogP contribution in [-0.2, 0) is 6.54 Å². The van der Waals surface area contributed by atoms with Crippen molar-refractivity contribution in [1.82, 2.24) is 10.3 Å². The molecule has 1 atom stereocenters. The molecule has 1 aromatic rings. The zero-order chi connectivity index (χ0) is 12.1. The van der Waals surface area contributed by atoms with Crippen molar-refractivity contribution in [2.45, 2.75) is 19.0 Å². The van der Waals surface area contributed by atoms with Crippen molar-refractivity contribution in [3.05, 3.63) is 18.0 Å². The maximum absolute atomic E-state index is 5.35. The highest BCUT2D eigenvalue weighted by molar-refractivity contribution is 7.99. The van der Waals surface area contributed by atoms with Gasteiger partial charge in [0.05, 0.1) is 19.9 Å². The second-order valence-corrected chi connectivity index (χ2v) is 5.08. The summed E-state index contributed by atoms with van der Waals surface area (Å²) in [5, 5.41) is 3.51. The van der Waals surface area contributed by atoms with E-state index in [0.717, 1.165) is 23.7 Å². The van der Waals surface area contributed by atoms with E-state index in [1.807, 2.05) is 17.8 Å². The van der Waals surface area contributed by atoms with E-state index in [4.69, 9.17) is 9.47 Å². The van der Waals surface area contributed by atoms with Crippen molar-refractivity contribution >= 4 is 11.8 Å². The molecule has 1 aliphatic rings. The number of aromatic nitrogens is 1. The van der Waals surface area contributed by atoms with Crippen LogP contribution in [0.5, 0.6) is 11.5 Å². The fourth-order valence-electron chi connectivity index (χ4n) is 1.91. The van der Waals surface area contributed by atoms with Crippen LogP contribution in [0.1, 0.15) is 12.1 Å². The van der Waals surface area contributed by atoms with Crippen LogP contribution >= 0.6 is 11.8 Å². The van der Waals surface area contributed by atoms with Crippen molar-refractivity contribution in [3.8, 4) is 11.5 Å². The predicted molar refractivity (Wildman–Crippen MR) is 69.9 cm³/mol. The summed E-state index contributed by atoms with van der Waals surface area (Å²) < 4.78 is 10.6. The minimum Gasteiger partial charge on any atom is -0.493 e. The second kappa shape index (κ2) is 6.12. The Morgan fingerprint density at radius 1 is 1.47 bits per heavy atom. The van der Waals surface area contributed by atoms with Crippen LogP contribution in [0.3, 0.4) is 0 Å². The number of thioether (sulfide) groups is 1. The van der Waals surface area contributed by atoms with E-state index in [-0.39, 0.29) is 0 Å². The average Bonchev–Trinajstić information content (AvgIpc) is 2.88. The van der Waals surface area contributed by atoms with Gasteiger partial charge in [-0.25, -0.2) is 0 Å². The van der Waals surface area contributed by atoms with Gasteiger partial charge < -0.3 is 14.8 Å². The molecule has 2 rings (SSSR count). The van der Waals surface area contributed by atoms with Crippen molar-refractivity contribution < 1.29 is 9.47 Å². The molecular formula is C12H18N2O2S. The second-order valence-electron chi connectivity index (χ2n) is 3.93. The van der Waals surface area contributed by atoms with Gasteiger partial charge in [-0.3, -0.25) is 4.98 Å². The molecule has 5 heteroatoms. The molecular weight excluding hydrogens is 236 g/mol. The molecule has 2 heterocycles. The molecule has 0 amide bonds. The Hall–Kier alpha value is -0.940. The van der Waals surface area contributed by atoms with Gasteiger partial charge in [0.15, 0.2) is 11.5 Å². The van der Waals surface area contributed by atoms with Crippen LogP contribution in [0.25, 0.3) is 0 Å². The predicted octanol–water partition coefficient (Wildman–Crippen LogP) is 1.69. The summed E-state index contributed by atoms with van der Waals surface area (Å²) in [6.45, 7) is 0.728. The number of rotatable bonds is 5. The highest BCUT2D eigenvalue weighted by Gasteiger charge is 2.17. The van der Waals surface area contributed by atoms with Crippen molar-refractivity contribution in [1.29, 1.82) is 0 Å². The number of nitrogens with zero attached hydrogens (tertiary/aromatic N) is 1. The number of nitrogens with one attached hydrogen (secondary N) is 1. The number of hydrogen-bond donors (Lipinski definition) is 1. The van der Waals surface area contributed by atoms with Crippen LogP contribution in [0.4, 0.5) is 0 Å². The van der Waals surface area contributed by atoms with Gasteiger partial charge >= 0.3 is 0 Å². The zero-order valence-corrected chi connectivity index (χ0v) is 11.0. The Kier molecular flexibility index (Phi) is 4.50. The lowest BCUT2D eigenvalue weighted by molar-refractivity contribution is 0.347. The van der Waals surface area contributed by atoms with Gasteiger partial charge in [-0.1, -0.05) is 0 Å². The van der Waals surface area contributed by atoms with E-state index < -0.39 is 0 Å². The van der Waals surface area contributed by atoms with Crippen LogP contribution in [0.15, 0.2) is 12.3 Å². The third kappa shape index (κ3) is 3.04. The molecule has 0 aliphatic carbocycles. The lowest BCUT2D eigenvalue weighted by atomic mass is 10.2. The molecule has 17 heavy (non-hydrogen) atoms. The average molecular weight is 254 g/mol. The van der Waals surface area contributed by atoms with E-state index in [0.29, 0.717) is 6.04 Å². The molecule has 1 aromatic heterocycles. The van der Waals surface area contributed by atoms with E-state index in [9.17, 15) is 0 Å². The Labute approximate surface area is 106 Å². The molecule has 1 unspecified atom stereocenters. The first-order valence-corrected chi connectivity index (χ1v) is 6.87. The number of methoxy groups -OCH3 is 2. The standard InChI is InChI=1S/C12H18N2O2S/c1-15-11-3-5-13-10(12(11)16-2)7-14-9-4-6-17-8-9/h3,5,9,14H,4,6-8H2,1-2H3. The summed E-state index contributed by atoms with van der Waals surface area (Å²) in [4.78, 5) is 4.34. The fraction of sp³-hybridized carbons (Fsp3) is 0.583. The largest absolute Gasteiger partial charge is 0.493 e. The summed E-state index contributed by atoms with van der Waals surface area (Å²) in [6, 6.07) is 2.41. The van der Waals surface area contributed by atoms with Gasteiger partial charge in [0, 0.05) is 30.6 Å². The molecule has 0 aromatic carbocycles. The molecule has 4 nitrogen and oxygen atoms in total. The number of ether oxygens (including phenoxy) is 2. The first kappa shape index (κ1) is 12.5. The minimum atomic E-state index is 0.595. The highest BCUT2D eigenvalue weighted by Crippen LogP contribution is 2.29. The molecule has 1 saturated heterocycles. The lowest BCUT2D eigenvalue weighted by Crippen LogP contribution is -2.28. The summed E-state index contributed by atoms with van der Waals surface area (Å²) in [5.74, 6) is 3.90. The van der Waals surface area contributed by atoms with Gasteiger partial charge in [-0.15, -0.1) is 0 Å². The number of pyridine rings is 1. The minimum absolute atomic E-state index is 0.595. The van der Waals surface area contributed by atoms with E-state index in [2.05, 4.69) is 10.3 Å². The van der Waals surface area contributed by atoms with Crippen molar-refractivity contribution in [3.63, 3.8) is 0 Å². The Morgan fingerprint density at radius 3 is 3.00 bits per heavy atom. The molecule has 94 valence electrons. The van der Waals surface area contributed by atoms with Crippen LogP contribution < -0.4 is 14.8 Å². The summed E-state index contributed by atoms with van der Waals surface area (Å²) in [6.07, 6.45) is 2.98. The van der Waals surface area contributed by atoms with Gasteiger partial charge in [0.1, 0.15) is 0 Å². The van der Waals surface area contributed by atoms with Crippen LogP contribution in [0.2, 0.25) is 0 Å². The molecule has 1 aliphatic heterocycles. The third-order valence-electron chi connectivity index (χ3n) is 2.85. The molecule has 1 fully saturated rings. The first-order valence-electron chi connectivity index (χ1n) is 5.72. The maximum atomic E-state index is 5.35. The van der Waals surface area contributed by atoms with Crippen LogP contribution in [0, 0.1) is 0 Å². The van der Waals surface area contributed by atoms with E-state index in [1.165, 1.54) is 17.9 Å². The Morgan fingerprint density at radius 2 is 2.35 bits per heavy atom.